The molecule has 4 rings (SSSR count). The lowest BCUT2D eigenvalue weighted by atomic mass is 9.98. The topological polar surface area (TPSA) is 85.2 Å². The minimum absolute atomic E-state index is 0. The number of carbonyl (C=O) groups is 1. The van der Waals surface area contributed by atoms with Gasteiger partial charge in [-0.05, 0) is 43.6 Å². The van der Waals surface area contributed by atoms with Gasteiger partial charge >= 0.3 is 0 Å². The van der Waals surface area contributed by atoms with Crippen LogP contribution in [0.2, 0.25) is 0 Å². The third kappa shape index (κ3) is 2.91. The zero-order valence-electron chi connectivity index (χ0n) is 14.9. The molecule has 25 heavy (non-hydrogen) atoms. The molecular formula is C18H25ClN4O2. The Morgan fingerprint density at radius 3 is 2.80 bits per heavy atom. The van der Waals surface area contributed by atoms with E-state index in [0.717, 1.165) is 42.7 Å². The van der Waals surface area contributed by atoms with E-state index in [2.05, 4.69) is 10.1 Å². The van der Waals surface area contributed by atoms with Crippen molar-refractivity contribution < 1.29 is 9.32 Å². The van der Waals surface area contributed by atoms with Crippen molar-refractivity contribution in [3.63, 3.8) is 0 Å². The largest absolute Gasteiger partial charge is 0.338 e. The quantitative estimate of drug-likeness (QED) is 0.885. The summed E-state index contributed by atoms with van der Waals surface area (Å²) in [5.74, 6) is 1.22. The molecule has 2 fully saturated rings. The summed E-state index contributed by atoms with van der Waals surface area (Å²) in [6.45, 7) is 7.54. The van der Waals surface area contributed by atoms with E-state index in [0.29, 0.717) is 23.1 Å². The number of rotatable bonds is 2. The smallest absolute Gasteiger partial charge is 0.259 e. The van der Waals surface area contributed by atoms with E-state index in [-0.39, 0.29) is 30.3 Å². The van der Waals surface area contributed by atoms with Crippen molar-refractivity contribution in [2.75, 3.05) is 13.1 Å². The minimum Gasteiger partial charge on any atom is -0.338 e. The molecule has 0 radical (unpaired) electrons. The van der Waals surface area contributed by atoms with Crippen LogP contribution in [0.15, 0.2) is 10.6 Å². The fourth-order valence-electron chi connectivity index (χ4n) is 4.30. The van der Waals surface area contributed by atoms with Crippen LogP contribution in [0.5, 0.6) is 0 Å². The van der Waals surface area contributed by atoms with Gasteiger partial charge in [-0.25, -0.2) is 4.98 Å². The predicted octanol–water partition coefficient (Wildman–Crippen LogP) is 2.89. The second-order valence-electron chi connectivity index (χ2n) is 7.59. The highest BCUT2D eigenvalue weighted by atomic mass is 35.5. The average molecular weight is 365 g/mol. The Kier molecular flexibility index (Phi) is 4.77. The summed E-state index contributed by atoms with van der Waals surface area (Å²) in [4.78, 5) is 19.6. The van der Waals surface area contributed by atoms with Gasteiger partial charge in [-0.1, -0.05) is 19.0 Å². The highest BCUT2D eigenvalue weighted by molar-refractivity contribution is 6.06. The molecular weight excluding hydrogens is 340 g/mol. The van der Waals surface area contributed by atoms with Crippen molar-refractivity contribution in [3.05, 3.63) is 23.0 Å². The molecule has 3 unspecified atom stereocenters. The van der Waals surface area contributed by atoms with Crippen LogP contribution < -0.4 is 5.73 Å². The van der Waals surface area contributed by atoms with Gasteiger partial charge in [0.15, 0.2) is 0 Å². The van der Waals surface area contributed by atoms with Crippen molar-refractivity contribution >= 4 is 29.4 Å². The third-order valence-electron chi connectivity index (χ3n) is 5.58. The van der Waals surface area contributed by atoms with Crippen molar-refractivity contribution in [1.82, 2.24) is 15.0 Å². The zero-order chi connectivity index (χ0) is 17.0. The van der Waals surface area contributed by atoms with E-state index in [1.54, 1.807) is 0 Å². The summed E-state index contributed by atoms with van der Waals surface area (Å²) in [6, 6.07) is 2.09. The molecule has 2 aromatic heterocycles. The number of amides is 1. The highest BCUT2D eigenvalue weighted by Crippen LogP contribution is 2.38. The van der Waals surface area contributed by atoms with Crippen molar-refractivity contribution in [1.29, 1.82) is 0 Å². The number of nitrogens with two attached hydrogens (primary N) is 1. The first-order valence-corrected chi connectivity index (χ1v) is 8.77. The van der Waals surface area contributed by atoms with Crippen LogP contribution in [0.4, 0.5) is 0 Å². The van der Waals surface area contributed by atoms with Gasteiger partial charge in [0.05, 0.1) is 16.6 Å². The lowest BCUT2D eigenvalue weighted by molar-refractivity contribution is 0.0781. The summed E-state index contributed by atoms with van der Waals surface area (Å²) in [5, 5.41) is 4.91. The van der Waals surface area contributed by atoms with Gasteiger partial charge in [0.2, 0.25) is 0 Å². The summed E-state index contributed by atoms with van der Waals surface area (Å²) in [7, 11) is 0. The molecule has 1 amide bonds. The maximum atomic E-state index is 13.2. The molecule has 1 aliphatic carbocycles. The van der Waals surface area contributed by atoms with E-state index in [1.807, 2.05) is 31.7 Å². The van der Waals surface area contributed by atoms with E-state index < -0.39 is 0 Å². The monoisotopic (exact) mass is 364 g/mol. The molecule has 0 aromatic carbocycles. The predicted molar refractivity (Wildman–Crippen MR) is 98.0 cm³/mol. The Labute approximate surface area is 153 Å². The number of pyridine rings is 1. The van der Waals surface area contributed by atoms with Gasteiger partial charge in [-0.3, -0.25) is 4.79 Å². The van der Waals surface area contributed by atoms with Crippen LogP contribution in [-0.4, -0.2) is 40.1 Å². The molecule has 0 spiro atoms. The van der Waals surface area contributed by atoms with Gasteiger partial charge in [0, 0.05) is 24.8 Å². The minimum atomic E-state index is 0. The molecule has 7 heteroatoms. The SMILES string of the molecule is Cc1cc(C(=O)N2CC3CCC(N)C3C2)c2c(C(C)C)noc2n1.Cl. The number of likely N-dealkylation sites (tertiary alicyclic amines) is 1. The van der Waals surface area contributed by atoms with E-state index in [4.69, 9.17) is 10.3 Å². The standard InChI is InChI=1S/C18H24N4O2.ClH/c1-9(2)16-15-12(6-10(3)20-17(15)24-21-16)18(23)22-7-11-4-5-14(19)13(11)8-22;/h6,9,11,13-14H,4-5,7-8,19H2,1-3H3;1H. The number of hydrogen-bond acceptors (Lipinski definition) is 5. The first-order chi connectivity index (χ1) is 11.5. The van der Waals surface area contributed by atoms with Crippen molar-refractivity contribution in [2.45, 2.75) is 45.6 Å². The van der Waals surface area contributed by atoms with Gasteiger partial charge in [0.1, 0.15) is 0 Å². The van der Waals surface area contributed by atoms with E-state index >= 15 is 0 Å². The molecule has 2 N–H and O–H groups in total. The maximum absolute atomic E-state index is 13.2. The van der Waals surface area contributed by atoms with Gasteiger partial charge < -0.3 is 15.2 Å². The number of fused-ring (bicyclic) bond motifs is 2. The second kappa shape index (κ2) is 6.57. The fraction of sp³-hybridized carbons (Fsp3) is 0.611. The number of halogens is 1. The molecule has 6 nitrogen and oxygen atoms in total. The lowest BCUT2D eigenvalue weighted by Gasteiger charge is -2.19. The molecule has 1 saturated carbocycles. The van der Waals surface area contributed by atoms with Crippen LogP contribution in [-0.2, 0) is 0 Å². The molecule has 2 aliphatic rings. The van der Waals surface area contributed by atoms with Gasteiger partial charge in [-0.2, -0.15) is 0 Å². The first kappa shape index (κ1) is 18.1. The molecule has 1 aliphatic heterocycles. The summed E-state index contributed by atoms with van der Waals surface area (Å²) in [6.07, 6.45) is 2.21. The number of hydrogen-bond donors (Lipinski definition) is 1. The molecule has 3 atom stereocenters. The number of carbonyl (C=O) groups excluding carboxylic acids is 1. The van der Waals surface area contributed by atoms with Crippen LogP contribution >= 0.6 is 12.4 Å². The van der Waals surface area contributed by atoms with Crippen molar-refractivity contribution in [3.8, 4) is 0 Å². The summed E-state index contributed by atoms with van der Waals surface area (Å²) < 4.78 is 5.38. The van der Waals surface area contributed by atoms with Crippen LogP contribution in [0.1, 0.15) is 54.4 Å². The molecule has 136 valence electrons. The van der Waals surface area contributed by atoms with Crippen LogP contribution in [0.25, 0.3) is 11.1 Å². The molecule has 0 bridgehead atoms. The summed E-state index contributed by atoms with van der Waals surface area (Å²) in [5.41, 5.74) is 8.90. The molecule has 1 saturated heterocycles. The second-order valence-corrected chi connectivity index (χ2v) is 7.59. The fourth-order valence-corrected chi connectivity index (χ4v) is 4.30. The van der Waals surface area contributed by atoms with Gasteiger partial charge in [0.25, 0.3) is 11.6 Å². The molecule has 3 heterocycles. The van der Waals surface area contributed by atoms with E-state index in [9.17, 15) is 4.79 Å². The van der Waals surface area contributed by atoms with Crippen LogP contribution in [0, 0.1) is 18.8 Å². The first-order valence-electron chi connectivity index (χ1n) is 8.77. The van der Waals surface area contributed by atoms with E-state index in [1.165, 1.54) is 0 Å². The van der Waals surface area contributed by atoms with Gasteiger partial charge in [-0.15, -0.1) is 12.4 Å². The highest BCUT2D eigenvalue weighted by Gasteiger charge is 2.43. The van der Waals surface area contributed by atoms with Crippen LogP contribution in [0.3, 0.4) is 0 Å². The Morgan fingerprint density at radius 2 is 2.12 bits per heavy atom. The Balaban J connectivity index is 0.00000182. The number of nitrogens with zero attached hydrogens (tertiary/aromatic N) is 3. The lowest BCUT2D eigenvalue weighted by Crippen LogP contribution is -2.33. The Hall–Kier alpha value is -1.66. The number of aryl methyl sites for hydroxylation is 1. The third-order valence-corrected chi connectivity index (χ3v) is 5.58. The Bertz CT molecular complexity index is 804. The molecule has 2 aromatic rings. The van der Waals surface area contributed by atoms with Crippen molar-refractivity contribution in [2.24, 2.45) is 17.6 Å². The summed E-state index contributed by atoms with van der Waals surface area (Å²) >= 11 is 0. The normalized spacial score (nSPS) is 25.5. The average Bonchev–Trinajstić information content (AvgIpc) is 3.21. The number of aromatic nitrogens is 2. The Morgan fingerprint density at radius 1 is 1.36 bits per heavy atom. The maximum Gasteiger partial charge on any atom is 0.259 e. The zero-order valence-corrected chi connectivity index (χ0v) is 15.7.